The molecule has 0 saturated carbocycles. The number of aromatic nitrogens is 4. The lowest BCUT2D eigenvalue weighted by molar-refractivity contribution is 0.248. The van der Waals surface area contributed by atoms with Crippen LogP contribution in [-0.2, 0) is 10.0 Å². The molecule has 1 fully saturated rings. The van der Waals surface area contributed by atoms with Crippen molar-refractivity contribution in [3.8, 4) is 11.4 Å². The maximum Gasteiger partial charge on any atom is 0.211 e. The number of rotatable bonds is 3. The Balaban J connectivity index is 2.03. The van der Waals surface area contributed by atoms with Crippen LogP contribution in [0.1, 0.15) is 42.5 Å². The minimum atomic E-state index is -3.28. The number of hydrogen-bond acceptors (Lipinski definition) is 5. The average Bonchev–Trinajstić information content (AvgIpc) is 2.92. The van der Waals surface area contributed by atoms with E-state index in [9.17, 15) is 8.42 Å². The molecule has 0 aromatic carbocycles. The van der Waals surface area contributed by atoms with Crippen molar-refractivity contribution in [3.05, 3.63) is 29.3 Å². The molecule has 0 bridgehead atoms. The van der Waals surface area contributed by atoms with Crippen LogP contribution in [0.15, 0.2) is 12.1 Å². The SMILES string of the molecule is Cc1cc(-c2cc(C)[nH]n2)nc([C@@H]2CCCCN2S(C)(=O)=O)n1. The molecule has 124 valence electrons. The lowest BCUT2D eigenvalue weighted by Gasteiger charge is -2.32. The maximum absolute atomic E-state index is 12.1. The van der Waals surface area contributed by atoms with Crippen LogP contribution in [0.3, 0.4) is 0 Å². The summed E-state index contributed by atoms with van der Waals surface area (Å²) in [4.78, 5) is 9.10. The molecule has 3 rings (SSSR count). The molecule has 2 aromatic heterocycles. The van der Waals surface area contributed by atoms with Gasteiger partial charge in [0.1, 0.15) is 11.5 Å². The Morgan fingerprint density at radius 3 is 2.61 bits per heavy atom. The number of hydrogen-bond donors (Lipinski definition) is 1. The predicted octanol–water partition coefficient (Wildman–Crippen LogP) is 1.97. The first-order valence-corrected chi connectivity index (χ1v) is 9.54. The molecule has 0 spiro atoms. The molecule has 23 heavy (non-hydrogen) atoms. The van der Waals surface area contributed by atoms with E-state index in [2.05, 4.69) is 20.2 Å². The molecule has 1 N–H and O–H groups in total. The van der Waals surface area contributed by atoms with Crippen LogP contribution in [0.5, 0.6) is 0 Å². The summed E-state index contributed by atoms with van der Waals surface area (Å²) < 4.78 is 25.7. The van der Waals surface area contributed by atoms with Crippen molar-refractivity contribution >= 4 is 10.0 Å². The molecule has 0 amide bonds. The quantitative estimate of drug-likeness (QED) is 0.926. The highest BCUT2D eigenvalue weighted by Gasteiger charge is 2.32. The van der Waals surface area contributed by atoms with Crippen molar-refractivity contribution in [1.29, 1.82) is 0 Å². The third-order valence-electron chi connectivity index (χ3n) is 4.02. The van der Waals surface area contributed by atoms with Gasteiger partial charge in [-0.1, -0.05) is 6.42 Å². The zero-order valence-electron chi connectivity index (χ0n) is 13.6. The fourth-order valence-corrected chi connectivity index (χ4v) is 4.10. The van der Waals surface area contributed by atoms with Crippen LogP contribution in [0.25, 0.3) is 11.4 Å². The molecule has 8 heteroatoms. The molecule has 2 aromatic rings. The topological polar surface area (TPSA) is 91.8 Å². The monoisotopic (exact) mass is 335 g/mol. The first-order valence-electron chi connectivity index (χ1n) is 7.69. The Kier molecular flexibility index (Phi) is 4.20. The van der Waals surface area contributed by atoms with Gasteiger partial charge in [-0.25, -0.2) is 18.4 Å². The number of sulfonamides is 1. The van der Waals surface area contributed by atoms with Gasteiger partial charge >= 0.3 is 0 Å². The summed E-state index contributed by atoms with van der Waals surface area (Å²) in [6, 6.07) is 3.49. The second-order valence-corrected chi connectivity index (χ2v) is 8.01. The van der Waals surface area contributed by atoms with E-state index in [-0.39, 0.29) is 6.04 Å². The van der Waals surface area contributed by atoms with Crippen molar-refractivity contribution in [2.75, 3.05) is 12.8 Å². The van der Waals surface area contributed by atoms with E-state index in [1.165, 1.54) is 10.6 Å². The summed E-state index contributed by atoms with van der Waals surface area (Å²) in [7, 11) is -3.28. The lowest BCUT2D eigenvalue weighted by atomic mass is 10.0. The van der Waals surface area contributed by atoms with Crippen LogP contribution < -0.4 is 0 Å². The van der Waals surface area contributed by atoms with E-state index >= 15 is 0 Å². The van der Waals surface area contributed by atoms with Crippen LogP contribution >= 0.6 is 0 Å². The van der Waals surface area contributed by atoms with Gasteiger partial charge in [0.25, 0.3) is 0 Å². The standard InChI is InChI=1S/C15H21N5O2S/c1-10-8-12(13-9-11(2)18-19-13)17-15(16-10)14-6-4-5-7-20(14)23(3,21)22/h8-9,14H,4-7H2,1-3H3,(H,18,19)/t14-/m0/s1. The maximum atomic E-state index is 12.1. The van der Waals surface area contributed by atoms with Gasteiger partial charge in [0.2, 0.25) is 10.0 Å². The highest BCUT2D eigenvalue weighted by Crippen LogP contribution is 2.32. The highest BCUT2D eigenvalue weighted by atomic mass is 32.2. The van der Waals surface area contributed by atoms with Gasteiger partial charge in [-0.15, -0.1) is 0 Å². The fraction of sp³-hybridized carbons (Fsp3) is 0.533. The zero-order chi connectivity index (χ0) is 16.6. The van der Waals surface area contributed by atoms with Crippen LogP contribution in [0, 0.1) is 13.8 Å². The fourth-order valence-electron chi connectivity index (χ4n) is 2.98. The molecule has 0 aliphatic carbocycles. The average molecular weight is 335 g/mol. The molecule has 0 radical (unpaired) electrons. The summed E-state index contributed by atoms with van der Waals surface area (Å²) in [5.41, 5.74) is 3.23. The van der Waals surface area contributed by atoms with Crippen molar-refractivity contribution in [3.63, 3.8) is 0 Å². The molecule has 1 aliphatic rings. The van der Waals surface area contributed by atoms with Crippen LogP contribution in [-0.4, -0.2) is 45.7 Å². The zero-order valence-corrected chi connectivity index (χ0v) is 14.4. The molecule has 1 aliphatic heterocycles. The summed E-state index contributed by atoms with van der Waals surface area (Å²) in [5, 5.41) is 7.14. The number of H-pyrrole nitrogens is 1. The second kappa shape index (κ2) is 6.01. The number of piperidine rings is 1. The first kappa shape index (κ1) is 16.1. The number of nitrogens with one attached hydrogen (secondary N) is 1. The van der Waals surface area contributed by atoms with Gasteiger partial charge in [0.05, 0.1) is 18.0 Å². The third-order valence-corrected chi connectivity index (χ3v) is 5.31. The second-order valence-electron chi connectivity index (χ2n) is 6.07. The molecule has 1 saturated heterocycles. The number of aryl methyl sites for hydroxylation is 2. The van der Waals surface area contributed by atoms with Crippen LogP contribution in [0.2, 0.25) is 0 Å². The molecule has 1 atom stereocenters. The Hall–Kier alpha value is -1.80. The third kappa shape index (κ3) is 3.42. The Morgan fingerprint density at radius 1 is 1.17 bits per heavy atom. The van der Waals surface area contributed by atoms with E-state index < -0.39 is 10.0 Å². The molecule has 7 nitrogen and oxygen atoms in total. The van der Waals surface area contributed by atoms with Gasteiger partial charge in [-0.05, 0) is 38.8 Å². The summed E-state index contributed by atoms with van der Waals surface area (Å²) >= 11 is 0. The van der Waals surface area contributed by atoms with E-state index in [4.69, 9.17) is 0 Å². The normalized spacial score (nSPS) is 19.9. The van der Waals surface area contributed by atoms with E-state index in [0.29, 0.717) is 12.4 Å². The van der Waals surface area contributed by atoms with Crippen molar-refractivity contribution in [2.45, 2.75) is 39.2 Å². The highest BCUT2D eigenvalue weighted by molar-refractivity contribution is 7.88. The van der Waals surface area contributed by atoms with Gasteiger partial charge < -0.3 is 0 Å². The smallest absolute Gasteiger partial charge is 0.211 e. The Labute approximate surface area is 136 Å². The van der Waals surface area contributed by atoms with Gasteiger partial charge in [0, 0.05) is 17.9 Å². The van der Waals surface area contributed by atoms with E-state index in [1.807, 2.05) is 26.0 Å². The van der Waals surface area contributed by atoms with Crippen molar-refractivity contribution in [2.24, 2.45) is 0 Å². The lowest BCUT2D eigenvalue weighted by Crippen LogP contribution is -2.38. The summed E-state index contributed by atoms with van der Waals surface area (Å²) in [6.45, 7) is 4.34. The number of nitrogens with zero attached hydrogens (tertiary/aromatic N) is 4. The first-order chi connectivity index (χ1) is 10.8. The Bertz CT molecular complexity index is 815. The van der Waals surface area contributed by atoms with E-state index in [1.54, 1.807) is 0 Å². The van der Waals surface area contributed by atoms with Gasteiger partial charge in [-0.3, -0.25) is 5.10 Å². The molecule has 0 unspecified atom stereocenters. The minimum absolute atomic E-state index is 0.294. The minimum Gasteiger partial charge on any atom is -0.282 e. The molecular formula is C15H21N5O2S. The summed E-state index contributed by atoms with van der Waals surface area (Å²) in [5.74, 6) is 0.561. The van der Waals surface area contributed by atoms with Gasteiger partial charge in [-0.2, -0.15) is 9.40 Å². The largest absolute Gasteiger partial charge is 0.282 e. The van der Waals surface area contributed by atoms with Gasteiger partial charge in [0.15, 0.2) is 0 Å². The Morgan fingerprint density at radius 2 is 1.96 bits per heavy atom. The van der Waals surface area contributed by atoms with Crippen molar-refractivity contribution < 1.29 is 8.42 Å². The number of aromatic amines is 1. The molecule has 3 heterocycles. The van der Waals surface area contributed by atoms with E-state index in [0.717, 1.165) is 42.0 Å². The van der Waals surface area contributed by atoms with Crippen LogP contribution in [0.4, 0.5) is 0 Å². The van der Waals surface area contributed by atoms with Crippen molar-refractivity contribution in [1.82, 2.24) is 24.5 Å². The summed E-state index contributed by atoms with van der Waals surface area (Å²) in [6.07, 6.45) is 3.85. The predicted molar refractivity (Wildman–Crippen MR) is 87.2 cm³/mol. The molecular weight excluding hydrogens is 314 g/mol.